The lowest BCUT2D eigenvalue weighted by molar-refractivity contribution is 0.282. The number of benzene rings is 1. The smallest absolute Gasteiger partial charge is 0.122 e. The third-order valence-corrected chi connectivity index (χ3v) is 2.54. The Bertz CT molecular complexity index is 308. The standard InChI is InChI=1S/C15H24O2/c1-4-5-10-16-14-7-6-8-15(12-14)17-11-9-13(2)3/h6-8,12-13H,4-5,9-11H2,1-3H3. The fraction of sp³-hybridized carbons (Fsp3) is 0.600. The van der Waals surface area contributed by atoms with Gasteiger partial charge in [-0.25, -0.2) is 0 Å². The molecule has 1 aromatic carbocycles. The van der Waals surface area contributed by atoms with E-state index in [4.69, 9.17) is 9.47 Å². The Labute approximate surface area is 105 Å². The Morgan fingerprint density at radius 2 is 1.71 bits per heavy atom. The summed E-state index contributed by atoms with van der Waals surface area (Å²) in [5.41, 5.74) is 0. The van der Waals surface area contributed by atoms with E-state index >= 15 is 0 Å². The summed E-state index contributed by atoms with van der Waals surface area (Å²) in [5, 5.41) is 0. The molecule has 0 atom stereocenters. The molecule has 0 aliphatic rings. The maximum absolute atomic E-state index is 5.68. The third kappa shape index (κ3) is 6.20. The van der Waals surface area contributed by atoms with Crippen LogP contribution in [0, 0.1) is 5.92 Å². The molecule has 0 aromatic heterocycles. The highest BCUT2D eigenvalue weighted by molar-refractivity contribution is 5.32. The van der Waals surface area contributed by atoms with E-state index in [1.54, 1.807) is 0 Å². The fourth-order valence-electron chi connectivity index (χ4n) is 1.40. The van der Waals surface area contributed by atoms with Crippen molar-refractivity contribution in [3.63, 3.8) is 0 Å². The molecule has 2 nitrogen and oxygen atoms in total. The number of rotatable bonds is 8. The van der Waals surface area contributed by atoms with Gasteiger partial charge in [0.05, 0.1) is 13.2 Å². The van der Waals surface area contributed by atoms with Gasteiger partial charge in [0, 0.05) is 6.07 Å². The normalized spacial score (nSPS) is 10.6. The molecule has 2 heteroatoms. The molecule has 0 amide bonds. The van der Waals surface area contributed by atoms with Crippen molar-refractivity contribution in [2.24, 2.45) is 5.92 Å². The molecule has 0 spiro atoms. The molecule has 1 aromatic rings. The molecule has 0 saturated heterocycles. The maximum Gasteiger partial charge on any atom is 0.122 e. The van der Waals surface area contributed by atoms with Crippen LogP contribution in [0.1, 0.15) is 40.0 Å². The highest BCUT2D eigenvalue weighted by Gasteiger charge is 1.99. The van der Waals surface area contributed by atoms with Gasteiger partial charge in [0.15, 0.2) is 0 Å². The second-order valence-corrected chi connectivity index (χ2v) is 4.71. The highest BCUT2D eigenvalue weighted by Crippen LogP contribution is 2.20. The largest absolute Gasteiger partial charge is 0.493 e. The van der Waals surface area contributed by atoms with E-state index in [-0.39, 0.29) is 0 Å². The lowest BCUT2D eigenvalue weighted by atomic mass is 10.1. The van der Waals surface area contributed by atoms with Crippen LogP contribution in [0.15, 0.2) is 24.3 Å². The van der Waals surface area contributed by atoms with Gasteiger partial charge < -0.3 is 9.47 Å². The first-order valence-corrected chi connectivity index (χ1v) is 6.58. The molecular weight excluding hydrogens is 212 g/mol. The van der Waals surface area contributed by atoms with E-state index in [2.05, 4.69) is 20.8 Å². The summed E-state index contributed by atoms with van der Waals surface area (Å²) in [7, 11) is 0. The van der Waals surface area contributed by atoms with Gasteiger partial charge in [-0.15, -0.1) is 0 Å². The van der Waals surface area contributed by atoms with E-state index < -0.39 is 0 Å². The van der Waals surface area contributed by atoms with E-state index in [0.717, 1.165) is 44.0 Å². The lowest BCUT2D eigenvalue weighted by Crippen LogP contribution is -2.02. The number of hydrogen-bond donors (Lipinski definition) is 0. The molecule has 0 heterocycles. The van der Waals surface area contributed by atoms with Crippen molar-refractivity contribution in [3.05, 3.63) is 24.3 Å². The number of unbranched alkanes of at least 4 members (excludes halogenated alkanes) is 1. The van der Waals surface area contributed by atoms with Crippen molar-refractivity contribution in [2.45, 2.75) is 40.0 Å². The van der Waals surface area contributed by atoms with Crippen molar-refractivity contribution in [1.29, 1.82) is 0 Å². The molecule has 0 aliphatic carbocycles. The first-order valence-electron chi connectivity index (χ1n) is 6.58. The van der Waals surface area contributed by atoms with E-state index in [0.29, 0.717) is 5.92 Å². The van der Waals surface area contributed by atoms with Gasteiger partial charge in [-0.1, -0.05) is 33.3 Å². The summed E-state index contributed by atoms with van der Waals surface area (Å²) in [4.78, 5) is 0. The zero-order valence-corrected chi connectivity index (χ0v) is 11.2. The summed E-state index contributed by atoms with van der Waals surface area (Å²) in [6, 6.07) is 7.90. The molecule has 0 N–H and O–H groups in total. The van der Waals surface area contributed by atoms with E-state index in [1.807, 2.05) is 24.3 Å². The van der Waals surface area contributed by atoms with Crippen LogP contribution >= 0.6 is 0 Å². The van der Waals surface area contributed by atoms with Gasteiger partial charge in [-0.2, -0.15) is 0 Å². The molecule has 96 valence electrons. The Hall–Kier alpha value is -1.18. The zero-order chi connectivity index (χ0) is 12.5. The summed E-state index contributed by atoms with van der Waals surface area (Å²) in [6.07, 6.45) is 3.34. The van der Waals surface area contributed by atoms with Crippen molar-refractivity contribution in [2.75, 3.05) is 13.2 Å². The second kappa shape index (κ2) is 7.99. The molecule has 1 rings (SSSR count). The summed E-state index contributed by atoms with van der Waals surface area (Å²) >= 11 is 0. The number of ether oxygens (including phenoxy) is 2. The van der Waals surface area contributed by atoms with Crippen LogP contribution in [0.2, 0.25) is 0 Å². The van der Waals surface area contributed by atoms with Gasteiger partial charge in [0.25, 0.3) is 0 Å². The quantitative estimate of drug-likeness (QED) is 0.627. The zero-order valence-electron chi connectivity index (χ0n) is 11.2. The predicted octanol–water partition coefficient (Wildman–Crippen LogP) is 4.29. The molecule has 0 radical (unpaired) electrons. The van der Waals surface area contributed by atoms with Crippen molar-refractivity contribution >= 4 is 0 Å². The Morgan fingerprint density at radius 3 is 2.29 bits per heavy atom. The predicted molar refractivity (Wildman–Crippen MR) is 71.8 cm³/mol. The maximum atomic E-state index is 5.68. The SMILES string of the molecule is CCCCOc1cccc(OCCC(C)C)c1. The lowest BCUT2D eigenvalue weighted by Gasteiger charge is -2.10. The van der Waals surface area contributed by atoms with Crippen LogP contribution in [0.25, 0.3) is 0 Å². The van der Waals surface area contributed by atoms with Crippen LogP contribution in [-0.4, -0.2) is 13.2 Å². The first kappa shape index (κ1) is 13.9. The Kier molecular flexibility index (Phi) is 6.53. The average Bonchev–Trinajstić information content (AvgIpc) is 2.29. The third-order valence-electron chi connectivity index (χ3n) is 2.54. The van der Waals surface area contributed by atoms with Crippen molar-refractivity contribution < 1.29 is 9.47 Å². The molecule has 0 unspecified atom stereocenters. The minimum atomic E-state index is 0.680. The summed E-state index contributed by atoms with van der Waals surface area (Å²) < 4.78 is 11.3. The topological polar surface area (TPSA) is 18.5 Å². The van der Waals surface area contributed by atoms with Crippen LogP contribution < -0.4 is 9.47 Å². The summed E-state index contributed by atoms with van der Waals surface area (Å²) in [5.74, 6) is 2.49. The highest BCUT2D eigenvalue weighted by atomic mass is 16.5. The van der Waals surface area contributed by atoms with Gasteiger partial charge in [0.2, 0.25) is 0 Å². The molecule has 0 aliphatic heterocycles. The number of hydrogen-bond acceptors (Lipinski definition) is 2. The Morgan fingerprint density at radius 1 is 1.06 bits per heavy atom. The molecular formula is C15H24O2. The van der Waals surface area contributed by atoms with Crippen LogP contribution in [-0.2, 0) is 0 Å². The van der Waals surface area contributed by atoms with E-state index in [1.165, 1.54) is 0 Å². The van der Waals surface area contributed by atoms with Crippen molar-refractivity contribution in [3.8, 4) is 11.5 Å². The van der Waals surface area contributed by atoms with Gasteiger partial charge in [-0.05, 0) is 30.9 Å². The van der Waals surface area contributed by atoms with Crippen LogP contribution in [0.4, 0.5) is 0 Å². The van der Waals surface area contributed by atoms with Gasteiger partial charge >= 0.3 is 0 Å². The first-order chi connectivity index (χ1) is 8.22. The van der Waals surface area contributed by atoms with Crippen molar-refractivity contribution in [1.82, 2.24) is 0 Å². The summed E-state index contributed by atoms with van der Waals surface area (Å²) in [6.45, 7) is 8.12. The minimum absolute atomic E-state index is 0.680. The van der Waals surface area contributed by atoms with Gasteiger partial charge in [-0.3, -0.25) is 0 Å². The fourth-order valence-corrected chi connectivity index (χ4v) is 1.40. The second-order valence-electron chi connectivity index (χ2n) is 4.71. The monoisotopic (exact) mass is 236 g/mol. The molecule has 0 fully saturated rings. The Balaban J connectivity index is 2.37. The molecule has 17 heavy (non-hydrogen) atoms. The van der Waals surface area contributed by atoms with Crippen LogP contribution in [0.5, 0.6) is 11.5 Å². The van der Waals surface area contributed by atoms with Gasteiger partial charge in [0.1, 0.15) is 11.5 Å². The molecule has 0 saturated carbocycles. The van der Waals surface area contributed by atoms with E-state index in [9.17, 15) is 0 Å². The minimum Gasteiger partial charge on any atom is -0.493 e. The molecule has 0 bridgehead atoms. The van der Waals surface area contributed by atoms with Crippen LogP contribution in [0.3, 0.4) is 0 Å². The average molecular weight is 236 g/mol.